The van der Waals surface area contributed by atoms with E-state index in [1.807, 2.05) is 23.7 Å². The van der Waals surface area contributed by atoms with Crippen LogP contribution in [0.15, 0.2) is 58.8 Å². The summed E-state index contributed by atoms with van der Waals surface area (Å²) in [4.78, 5) is 16.8. The van der Waals surface area contributed by atoms with Gasteiger partial charge in [-0.15, -0.1) is 10.2 Å². The van der Waals surface area contributed by atoms with Crippen molar-refractivity contribution in [3.8, 4) is 11.4 Å². The molecule has 9 nitrogen and oxygen atoms in total. The van der Waals surface area contributed by atoms with Gasteiger partial charge in [0.2, 0.25) is 10.0 Å². The van der Waals surface area contributed by atoms with Crippen LogP contribution in [0.2, 0.25) is 0 Å². The molecule has 0 radical (unpaired) electrons. The number of benzene rings is 1. The van der Waals surface area contributed by atoms with E-state index in [-0.39, 0.29) is 16.4 Å². The largest absolute Gasteiger partial charge is 0.379 e. The van der Waals surface area contributed by atoms with E-state index in [0.29, 0.717) is 42.8 Å². The summed E-state index contributed by atoms with van der Waals surface area (Å²) >= 11 is 1.28. The summed E-state index contributed by atoms with van der Waals surface area (Å²) in [6, 6.07) is 9.75. The first kappa shape index (κ1) is 21.6. The van der Waals surface area contributed by atoms with Crippen molar-refractivity contribution in [2.75, 3.05) is 32.1 Å². The van der Waals surface area contributed by atoms with Crippen LogP contribution in [0, 0.1) is 0 Å². The van der Waals surface area contributed by atoms with Crippen LogP contribution in [-0.4, -0.2) is 70.3 Å². The molecule has 1 saturated heterocycles. The molecule has 3 aromatic rings. The lowest BCUT2D eigenvalue weighted by molar-refractivity contribution is 0.0730. The molecule has 0 saturated carbocycles. The summed E-state index contributed by atoms with van der Waals surface area (Å²) in [5.41, 5.74) is 1.34. The standard InChI is InChI=1S/C20H21N5O4S2/c1-24-19(16-6-8-21-9-7-16)22-23-20(24)30-14-18(26)15-2-4-17(5-3-15)31(27,28)25-10-12-29-13-11-25/h2-9H,10-14H2,1H3. The number of hydrogen-bond donors (Lipinski definition) is 0. The number of aromatic nitrogens is 4. The summed E-state index contributed by atoms with van der Waals surface area (Å²) in [6.45, 7) is 1.44. The number of sulfonamides is 1. The predicted octanol–water partition coefficient (Wildman–Crippen LogP) is 1.87. The van der Waals surface area contributed by atoms with E-state index in [1.165, 1.54) is 28.2 Å². The molecule has 4 rings (SSSR count). The predicted molar refractivity (Wildman–Crippen MR) is 115 cm³/mol. The molecule has 0 unspecified atom stereocenters. The molecule has 2 aromatic heterocycles. The Morgan fingerprint density at radius 1 is 1.06 bits per heavy atom. The van der Waals surface area contributed by atoms with Crippen molar-refractivity contribution in [2.45, 2.75) is 10.1 Å². The molecule has 162 valence electrons. The topological polar surface area (TPSA) is 107 Å². The van der Waals surface area contributed by atoms with Crippen LogP contribution in [0.5, 0.6) is 0 Å². The van der Waals surface area contributed by atoms with Crippen LogP contribution in [0.3, 0.4) is 0 Å². The van der Waals surface area contributed by atoms with Crippen LogP contribution in [0.4, 0.5) is 0 Å². The molecule has 0 bridgehead atoms. The first-order valence-corrected chi connectivity index (χ1v) is 12.0. The summed E-state index contributed by atoms with van der Waals surface area (Å²) in [5.74, 6) is 0.738. The Morgan fingerprint density at radius 3 is 2.42 bits per heavy atom. The number of carbonyl (C=O) groups excluding carboxylic acids is 1. The van der Waals surface area contributed by atoms with Gasteiger partial charge in [0.25, 0.3) is 0 Å². The molecule has 0 aliphatic carbocycles. The highest BCUT2D eigenvalue weighted by Gasteiger charge is 2.26. The highest BCUT2D eigenvalue weighted by atomic mass is 32.2. The summed E-state index contributed by atoms with van der Waals surface area (Å²) in [7, 11) is -1.74. The van der Waals surface area contributed by atoms with Gasteiger partial charge in [-0.05, 0) is 24.3 Å². The molecule has 11 heteroatoms. The van der Waals surface area contributed by atoms with Gasteiger partial charge in [0.15, 0.2) is 16.8 Å². The van der Waals surface area contributed by atoms with Crippen LogP contribution in [-0.2, 0) is 21.8 Å². The Morgan fingerprint density at radius 2 is 1.74 bits per heavy atom. The quantitative estimate of drug-likeness (QED) is 0.389. The third kappa shape index (κ3) is 4.69. The average molecular weight is 460 g/mol. The molecule has 0 N–H and O–H groups in total. The third-order valence-electron chi connectivity index (χ3n) is 4.89. The molecule has 1 aliphatic heterocycles. The number of ketones is 1. The summed E-state index contributed by atoms with van der Waals surface area (Å²) < 4.78 is 33.8. The molecule has 1 aliphatic rings. The number of morpholine rings is 1. The number of pyridine rings is 1. The molecular weight excluding hydrogens is 438 g/mol. The number of hydrogen-bond acceptors (Lipinski definition) is 8. The molecule has 0 atom stereocenters. The van der Waals surface area contributed by atoms with Gasteiger partial charge in [0.05, 0.1) is 23.9 Å². The first-order chi connectivity index (χ1) is 15.0. The maximum atomic E-state index is 12.7. The fraction of sp³-hybridized carbons (Fsp3) is 0.300. The zero-order chi connectivity index (χ0) is 21.8. The first-order valence-electron chi connectivity index (χ1n) is 9.60. The normalized spacial score (nSPS) is 15.1. The maximum absolute atomic E-state index is 12.7. The lowest BCUT2D eigenvalue weighted by atomic mass is 10.1. The van der Waals surface area contributed by atoms with E-state index in [2.05, 4.69) is 15.2 Å². The lowest BCUT2D eigenvalue weighted by Gasteiger charge is -2.26. The molecule has 1 aromatic carbocycles. The van der Waals surface area contributed by atoms with Crippen LogP contribution < -0.4 is 0 Å². The van der Waals surface area contributed by atoms with E-state index in [0.717, 1.165) is 5.56 Å². The second kappa shape index (κ2) is 9.27. The Balaban J connectivity index is 1.41. The number of carbonyl (C=O) groups is 1. The fourth-order valence-electron chi connectivity index (χ4n) is 3.16. The molecular formula is C20H21N5O4S2. The van der Waals surface area contributed by atoms with E-state index < -0.39 is 10.0 Å². The zero-order valence-electron chi connectivity index (χ0n) is 16.8. The number of nitrogens with zero attached hydrogens (tertiary/aromatic N) is 5. The fourth-order valence-corrected chi connectivity index (χ4v) is 5.37. The highest BCUT2D eigenvalue weighted by molar-refractivity contribution is 7.99. The number of rotatable bonds is 7. The van der Waals surface area contributed by atoms with Gasteiger partial charge < -0.3 is 9.30 Å². The van der Waals surface area contributed by atoms with E-state index in [1.54, 1.807) is 24.5 Å². The molecule has 0 amide bonds. The molecule has 0 spiro atoms. The monoisotopic (exact) mass is 459 g/mol. The van der Waals surface area contributed by atoms with Crippen molar-refractivity contribution in [3.05, 3.63) is 54.4 Å². The minimum atomic E-state index is -3.58. The Hall–Kier alpha value is -2.60. The second-order valence-electron chi connectivity index (χ2n) is 6.85. The summed E-state index contributed by atoms with van der Waals surface area (Å²) in [6.07, 6.45) is 3.37. The molecule has 1 fully saturated rings. The van der Waals surface area contributed by atoms with Gasteiger partial charge in [-0.2, -0.15) is 4.31 Å². The second-order valence-corrected chi connectivity index (χ2v) is 9.73. The Kier molecular flexibility index (Phi) is 6.46. The van der Waals surface area contributed by atoms with E-state index >= 15 is 0 Å². The van der Waals surface area contributed by atoms with Gasteiger partial charge in [-0.3, -0.25) is 9.78 Å². The van der Waals surface area contributed by atoms with Crippen LogP contribution >= 0.6 is 11.8 Å². The van der Waals surface area contributed by atoms with E-state index in [9.17, 15) is 13.2 Å². The minimum Gasteiger partial charge on any atom is -0.379 e. The van der Waals surface area contributed by atoms with Gasteiger partial charge >= 0.3 is 0 Å². The Labute approximate surface area is 184 Å². The van der Waals surface area contributed by atoms with Gasteiger partial charge in [-0.1, -0.05) is 23.9 Å². The zero-order valence-corrected chi connectivity index (χ0v) is 18.5. The SMILES string of the molecule is Cn1c(SCC(=O)c2ccc(S(=O)(=O)N3CCOCC3)cc2)nnc1-c1ccncc1. The summed E-state index contributed by atoms with van der Waals surface area (Å²) in [5, 5.41) is 8.97. The lowest BCUT2D eigenvalue weighted by Crippen LogP contribution is -2.40. The van der Waals surface area contributed by atoms with Crippen LogP contribution in [0.1, 0.15) is 10.4 Å². The van der Waals surface area contributed by atoms with Crippen molar-refractivity contribution in [3.63, 3.8) is 0 Å². The average Bonchev–Trinajstić information content (AvgIpc) is 3.19. The third-order valence-corrected chi connectivity index (χ3v) is 7.82. The van der Waals surface area contributed by atoms with Gasteiger partial charge in [0.1, 0.15) is 0 Å². The number of Topliss-reactive ketones (excluding diaryl/α,β-unsaturated/α-hetero) is 1. The number of thioether (sulfide) groups is 1. The van der Waals surface area contributed by atoms with Crippen LogP contribution in [0.25, 0.3) is 11.4 Å². The Bertz CT molecular complexity index is 1160. The van der Waals surface area contributed by atoms with Crippen molar-refractivity contribution in [2.24, 2.45) is 7.05 Å². The van der Waals surface area contributed by atoms with E-state index in [4.69, 9.17) is 4.74 Å². The number of ether oxygens (including phenoxy) is 1. The van der Waals surface area contributed by atoms with Crippen molar-refractivity contribution in [1.82, 2.24) is 24.1 Å². The minimum absolute atomic E-state index is 0.117. The maximum Gasteiger partial charge on any atom is 0.243 e. The highest BCUT2D eigenvalue weighted by Crippen LogP contribution is 2.23. The smallest absolute Gasteiger partial charge is 0.243 e. The van der Waals surface area contributed by atoms with Crippen molar-refractivity contribution >= 4 is 27.6 Å². The molecule has 31 heavy (non-hydrogen) atoms. The van der Waals surface area contributed by atoms with Crippen molar-refractivity contribution in [1.29, 1.82) is 0 Å². The molecule has 3 heterocycles. The van der Waals surface area contributed by atoms with Gasteiger partial charge in [0, 0.05) is 43.7 Å². The van der Waals surface area contributed by atoms with Crippen molar-refractivity contribution < 1.29 is 17.9 Å². The van der Waals surface area contributed by atoms with Gasteiger partial charge in [-0.25, -0.2) is 8.42 Å².